The Kier molecular flexibility index (Phi) is 10.7. The molecule has 4 rings (SSSR count). The van der Waals surface area contributed by atoms with Gasteiger partial charge in [-0.15, -0.1) is 0 Å². The van der Waals surface area contributed by atoms with Crippen molar-refractivity contribution in [3.05, 3.63) is 126 Å². The molecule has 222 valence electrons. The Morgan fingerprint density at radius 1 is 0.860 bits per heavy atom. The normalized spacial score (nSPS) is 12.0. The SMILES string of the molecule is CCc1ccccc1N(CC(=O)N/N=C\c1ccc(OCC(=O)N[C@H](C)c2ccccc2)cc1)S(=O)(=O)c1ccccc1. The van der Waals surface area contributed by atoms with Gasteiger partial charge in [0, 0.05) is 0 Å². The molecule has 0 aliphatic carbocycles. The number of amides is 2. The number of aryl methyl sites for hydroxylation is 1. The molecule has 2 amide bonds. The van der Waals surface area contributed by atoms with E-state index in [2.05, 4.69) is 15.8 Å². The number of carbonyl (C=O) groups excluding carboxylic acids is 2. The summed E-state index contributed by atoms with van der Waals surface area (Å²) in [6.07, 6.45) is 2.03. The molecule has 0 bridgehead atoms. The number of nitrogens with zero attached hydrogens (tertiary/aromatic N) is 2. The Morgan fingerprint density at radius 3 is 2.16 bits per heavy atom. The molecule has 9 nitrogen and oxygen atoms in total. The maximum Gasteiger partial charge on any atom is 0.264 e. The summed E-state index contributed by atoms with van der Waals surface area (Å²) in [7, 11) is -4.02. The summed E-state index contributed by atoms with van der Waals surface area (Å²) in [5, 5.41) is 6.90. The van der Waals surface area contributed by atoms with Gasteiger partial charge in [-0.2, -0.15) is 5.10 Å². The van der Waals surface area contributed by atoms with Crippen LogP contribution in [0.3, 0.4) is 0 Å². The summed E-state index contributed by atoms with van der Waals surface area (Å²) in [6, 6.07) is 31.4. The van der Waals surface area contributed by atoms with E-state index >= 15 is 0 Å². The van der Waals surface area contributed by atoms with Gasteiger partial charge in [-0.25, -0.2) is 13.8 Å². The van der Waals surface area contributed by atoms with Crippen LogP contribution < -0.4 is 19.8 Å². The molecular formula is C33H34N4O5S. The predicted octanol–water partition coefficient (Wildman–Crippen LogP) is 4.85. The topological polar surface area (TPSA) is 117 Å². The first-order valence-electron chi connectivity index (χ1n) is 13.8. The standard InChI is InChI=1S/C33H34N4O5S/c1-3-27-12-10-11-17-31(27)37(43(40,41)30-15-8-5-9-16-30)23-32(38)36-34-22-26-18-20-29(21-19-26)42-24-33(39)35-25(2)28-13-6-4-7-14-28/h4-22,25H,3,23-24H2,1-2H3,(H,35,39)(H,36,38)/b34-22-/t25-/m1/s1. The number of benzene rings is 4. The maximum absolute atomic E-state index is 13.5. The van der Waals surface area contributed by atoms with Crippen molar-refractivity contribution in [2.45, 2.75) is 31.2 Å². The fourth-order valence-electron chi connectivity index (χ4n) is 4.32. The van der Waals surface area contributed by atoms with E-state index in [4.69, 9.17) is 4.74 Å². The van der Waals surface area contributed by atoms with Crippen molar-refractivity contribution in [2.75, 3.05) is 17.5 Å². The molecule has 1 atom stereocenters. The molecule has 2 N–H and O–H groups in total. The number of hydrogen-bond donors (Lipinski definition) is 2. The summed E-state index contributed by atoms with van der Waals surface area (Å²) in [4.78, 5) is 25.2. The first-order valence-corrected chi connectivity index (χ1v) is 15.3. The Bertz CT molecular complexity index is 1640. The molecule has 10 heteroatoms. The fourth-order valence-corrected chi connectivity index (χ4v) is 5.80. The number of ether oxygens (including phenoxy) is 1. The second-order valence-corrected chi connectivity index (χ2v) is 11.5. The van der Waals surface area contributed by atoms with Crippen molar-refractivity contribution >= 4 is 33.7 Å². The quantitative estimate of drug-likeness (QED) is 0.169. The van der Waals surface area contributed by atoms with Crippen LogP contribution in [-0.4, -0.2) is 39.6 Å². The lowest BCUT2D eigenvalue weighted by Crippen LogP contribution is -2.40. The lowest BCUT2D eigenvalue weighted by molar-refractivity contribution is -0.123. The molecule has 0 unspecified atom stereocenters. The molecule has 0 saturated heterocycles. The second-order valence-electron chi connectivity index (χ2n) is 9.66. The third-order valence-corrected chi connectivity index (χ3v) is 8.36. The fraction of sp³-hybridized carbons (Fsp3) is 0.182. The van der Waals surface area contributed by atoms with E-state index in [0.717, 1.165) is 15.4 Å². The first kappa shape index (κ1) is 31.0. The number of anilines is 1. The van der Waals surface area contributed by atoms with Gasteiger partial charge < -0.3 is 10.1 Å². The number of rotatable bonds is 13. The minimum absolute atomic E-state index is 0.0858. The Morgan fingerprint density at radius 2 is 1.49 bits per heavy atom. The van der Waals surface area contributed by atoms with E-state index in [1.807, 2.05) is 56.3 Å². The highest BCUT2D eigenvalue weighted by atomic mass is 32.2. The first-order chi connectivity index (χ1) is 20.8. The molecule has 0 fully saturated rings. The summed E-state index contributed by atoms with van der Waals surface area (Å²) in [5.74, 6) is -0.341. The average molecular weight is 599 g/mol. The number of sulfonamides is 1. The third kappa shape index (κ3) is 8.52. The molecule has 0 heterocycles. The van der Waals surface area contributed by atoms with Crippen molar-refractivity contribution in [3.8, 4) is 5.75 Å². The van der Waals surface area contributed by atoms with E-state index in [1.165, 1.54) is 18.3 Å². The zero-order valence-electron chi connectivity index (χ0n) is 24.0. The van der Waals surface area contributed by atoms with E-state index in [-0.39, 0.29) is 23.5 Å². The summed E-state index contributed by atoms with van der Waals surface area (Å²) in [5.41, 5.74) is 5.32. The Balaban J connectivity index is 1.34. The molecule has 43 heavy (non-hydrogen) atoms. The van der Waals surface area contributed by atoms with Gasteiger partial charge >= 0.3 is 0 Å². The number of para-hydroxylation sites is 1. The number of hydrazone groups is 1. The van der Waals surface area contributed by atoms with Gasteiger partial charge in [-0.1, -0.05) is 73.7 Å². The number of carbonyl (C=O) groups is 2. The number of nitrogens with one attached hydrogen (secondary N) is 2. The van der Waals surface area contributed by atoms with Gasteiger partial charge in [0.1, 0.15) is 12.3 Å². The summed E-state index contributed by atoms with van der Waals surface area (Å²) >= 11 is 0. The van der Waals surface area contributed by atoms with Gasteiger partial charge in [-0.3, -0.25) is 13.9 Å². The smallest absolute Gasteiger partial charge is 0.264 e. The summed E-state index contributed by atoms with van der Waals surface area (Å²) in [6.45, 7) is 3.24. The van der Waals surface area contributed by atoms with Gasteiger partial charge in [0.2, 0.25) is 0 Å². The zero-order valence-corrected chi connectivity index (χ0v) is 24.8. The highest BCUT2D eigenvalue weighted by Gasteiger charge is 2.28. The molecule has 0 saturated carbocycles. The van der Waals surface area contributed by atoms with Crippen LogP contribution in [-0.2, 0) is 26.0 Å². The van der Waals surface area contributed by atoms with Gasteiger partial charge in [0.05, 0.1) is 22.8 Å². The third-order valence-electron chi connectivity index (χ3n) is 6.59. The van der Waals surface area contributed by atoms with Crippen molar-refractivity contribution < 1.29 is 22.7 Å². The minimum Gasteiger partial charge on any atom is -0.484 e. The molecule has 4 aromatic rings. The van der Waals surface area contributed by atoms with Crippen LogP contribution in [0, 0.1) is 0 Å². The van der Waals surface area contributed by atoms with E-state index in [0.29, 0.717) is 23.4 Å². The Labute approximate surface area is 252 Å². The van der Waals surface area contributed by atoms with E-state index in [1.54, 1.807) is 54.6 Å². The van der Waals surface area contributed by atoms with Gasteiger partial charge in [0.15, 0.2) is 6.61 Å². The lowest BCUT2D eigenvalue weighted by Gasteiger charge is -2.25. The van der Waals surface area contributed by atoms with Gasteiger partial charge in [0.25, 0.3) is 21.8 Å². The zero-order chi connectivity index (χ0) is 30.7. The van der Waals surface area contributed by atoms with Crippen LogP contribution in [0.25, 0.3) is 0 Å². The molecule has 0 aromatic heterocycles. The van der Waals surface area contributed by atoms with Crippen molar-refractivity contribution in [1.82, 2.24) is 10.7 Å². The van der Waals surface area contributed by atoms with Crippen LogP contribution in [0.2, 0.25) is 0 Å². The average Bonchev–Trinajstić information content (AvgIpc) is 3.04. The molecule has 4 aromatic carbocycles. The van der Waals surface area contributed by atoms with Crippen LogP contribution in [0.15, 0.2) is 119 Å². The predicted molar refractivity (Wildman–Crippen MR) is 167 cm³/mol. The van der Waals surface area contributed by atoms with Crippen LogP contribution >= 0.6 is 0 Å². The van der Waals surface area contributed by atoms with Crippen LogP contribution in [0.5, 0.6) is 5.75 Å². The van der Waals surface area contributed by atoms with Crippen molar-refractivity contribution in [1.29, 1.82) is 0 Å². The number of hydrogen-bond acceptors (Lipinski definition) is 6. The van der Waals surface area contributed by atoms with Crippen LogP contribution in [0.4, 0.5) is 5.69 Å². The van der Waals surface area contributed by atoms with Crippen LogP contribution in [0.1, 0.15) is 36.6 Å². The monoisotopic (exact) mass is 598 g/mol. The molecule has 0 aliphatic rings. The Hall–Kier alpha value is -4.96. The van der Waals surface area contributed by atoms with Gasteiger partial charge in [-0.05, 0) is 72.5 Å². The lowest BCUT2D eigenvalue weighted by atomic mass is 10.1. The maximum atomic E-state index is 13.5. The second kappa shape index (κ2) is 14.8. The molecule has 0 radical (unpaired) electrons. The summed E-state index contributed by atoms with van der Waals surface area (Å²) < 4.78 is 33.8. The van der Waals surface area contributed by atoms with E-state index in [9.17, 15) is 18.0 Å². The highest BCUT2D eigenvalue weighted by molar-refractivity contribution is 7.92. The molecule has 0 aliphatic heterocycles. The largest absolute Gasteiger partial charge is 0.484 e. The minimum atomic E-state index is -4.02. The highest BCUT2D eigenvalue weighted by Crippen LogP contribution is 2.27. The molecular weight excluding hydrogens is 564 g/mol. The van der Waals surface area contributed by atoms with Crippen molar-refractivity contribution in [2.24, 2.45) is 5.10 Å². The van der Waals surface area contributed by atoms with E-state index < -0.39 is 22.5 Å². The van der Waals surface area contributed by atoms with Crippen molar-refractivity contribution in [3.63, 3.8) is 0 Å². The molecule has 0 spiro atoms.